The third kappa shape index (κ3) is 3.53. The highest BCUT2D eigenvalue weighted by Crippen LogP contribution is 2.30. The van der Waals surface area contributed by atoms with E-state index < -0.39 is 10.0 Å². The molecule has 0 aliphatic carbocycles. The Bertz CT molecular complexity index is 730. The summed E-state index contributed by atoms with van der Waals surface area (Å²) in [5.74, 6) is 0.120. The number of sulfonamides is 1. The predicted molar refractivity (Wildman–Crippen MR) is 95.1 cm³/mol. The number of halogens is 1. The van der Waals surface area contributed by atoms with Crippen LogP contribution in [-0.4, -0.2) is 50.2 Å². The Hall–Kier alpha value is -1.31. The molecule has 0 atom stereocenters. The van der Waals surface area contributed by atoms with Gasteiger partial charge in [0.2, 0.25) is 10.0 Å². The molecule has 1 aromatic carbocycles. The maximum atomic E-state index is 12.6. The van der Waals surface area contributed by atoms with Gasteiger partial charge < -0.3 is 5.32 Å². The number of nitrogens with zero attached hydrogens (tertiary/aromatic N) is 2. The Labute approximate surface area is 147 Å². The summed E-state index contributed by atoms with van der Waals surface area (Å²) in [4.78, 5) is 14.3. The minimum atomic E-state index is -3.14. The molecule has 1 fully saturated rings. The van der Waals surface area contributed by atoms with Gasteiger partial charge in [-0.15, -0.1) is 0 Å². The van der Waals surface area contributed by atoms with E-state index in [2.05, 4.69) is 5.32 Å². The van der Waals surface area contributed by atoms with E-state index in [-0.39, 0.29) is 17.8 Å². The van der Waals surface area contributed by atoms with Crippen LogP contribution in [0.1, 0.15) is 25.3 Å². The fourth-order valence-corrected chi connectivity index (χ4v) is 4.58. The number of piperidine rings is 1. The quantitative estimate of drug-likeness (QED) is 0.885. The highest BCUT2D eigenvalue weighted by atomic mass is 35.5. The van der Waals surface area contributed by atoms with Gasteiger partial charge in [-0.2, -0.15) is 0 Å². The number of hydrogen-bond donors (Lipinski definition) is 1. The van der Waals surface area contributed by atoms with Gasteiger partial charge >= 0.3 is 6.03 Å². The standard InChI is InChI=1S/C16H22ClN3O3S/c1-2-24(22,23)19-8-6-14(7-9-19)18-16(21)20-10-5-12-3-4-13(17)11-15(12)20/h3-4,11,14H,2,5-10H2,1H3,(H,18,21). The monoisotopic (exact) mass is 371 g/mol. The van der Waals surface area contributed by atoms with Crippen LogP contribution >= 0.6 is 11.6 Å². The number of amides is 2. The number of carbonyl (C=O) groups is 1. The molecule has 2 aliphatic rings. The maximum Gasteiger partial charge on any atom is 0.322 e. The molecule has 1 N–H and O–H groups in total. The van der Waals surface area contributed by atoms with Crippen molar-refractivity contribution in [3.63, 3.8) is 0 Å². The van der Waals surface area contributed by atoms with E-state index in [4.69, 9.17) is 11.6 Å². The normalized spacial score (nSPS) is 19.3. The van der Waals surface area contributed by atoms with Gasteiger partial charge in [-0.1, -0.05) is 17.7 Å². The molecule has 0 saturated carbocycles. The summed E-state index contributed by atoms with van der Waals surface area (Å²) >= 11 is 6.04. The smallest absolute Gasteiger partial charge is 0.322 e. The lowest BCUT2D eigenvalue weighted by Crippen LogP contribution is -2.50. The van der Waals surface area contributed by atoms with Gasteiger partial charge in [-0.25, -0.2) is 17.5 Å². The summed E-state index contributed by atoms with van der Waals surface area (Å²) < 4.78 is 25.3. The van der Waals surface area contributed by atoms with Crippen molar-refractivity contribution in [2.75, 3.05) is 30.3 Å². The number of anilines is 1. The molecule has 0 bridgehead atoms. The second-order valence-electron chi connectivity index (χ2n) is 6.20. The summed E-state index contributed by atoms with van der Waals surface area (Å²) in [6.07, 6.45) is 2.11. The average Bonchev–Trinajstić information content (AvgIpc) is 2.98. The maximum absolute atomic E-state index is 12.6. The summed E-state index contributed by atoms with van der Waals surface area (Å²) in [6.45, 7) is 3.22. The van der Waals surface area contributed by atoms with Crippen molar-refractivity contribution in [3.8, 4) is 0 Å². The molecule has 8 heteroatoms. The molecular weight excluding hydrogens is 350 g/mol. The van der Waals surface area contributed by atoms with E-state index in [0.717, 1.165) is 17.7 Å². The van der Waals surface area contributed by atoms with Gasteiger partial charge in [0.25, 0.3) is 0 Å². The van der Waals surface area contributed by atoms with E-state index >= 15 is 0 Å². The lowest BCUT2D eigenvalue weighted by Gasteiger charge is -2.32. The summed E-state index contributed by atoms with van der Waals surface area (Å²) in [7, 11) is -3.14. The average molecular weight is 372 g/mol. The minimum absolute atomic E-state index is 0.00374. The van der Waals surface area contributed by atoms with Gasteiger partial charge in [0.15, 0.2) is 0 Å². The van der Waals surface area contributed by atoms with Crippen LogP contribution in [0.15, 0.2) is 18.2 Å². The van der Waals surface area contributed by atoms with Crippen LogP contribution in [0, 0.1) is 0 Å². The third-order valence-electron chi connectivity index (χ3n) is 4.73. The first-order valence-electron chi connectivity index (χ1n) is 8.25. The number of fused-ring (bicyclic) bond motifs is 1. The van der Waals surface area contributed by atoms with Crippen molar-refractivity contribution >= 4 is 33.3 Å². The molecule has 0 spiro atoms. The molecule has 2 aliphatic heterocycles. The molecular formula is C16H22ClN3O3S. The SMILES string of the molecule is CCS(=O)(=O)N1CCC(NC(=O)N2CCc3ccc(Cl)cc32)CC1. The number of benzene rings is 1. The molecule has 0 radical (unpaired) electrons. The Balaban J connectivity index is 1.59. The van der Waals surface area contributed by atoms with Gasteiger partial charge in [0.1, 0.15) is 0 Å². The van der Waals surface area contributed by atoms with Crippen molar-refractivity contribution in [1.82, 2.24) is 9.62 Å². The van der Waals surface area contributed by atoms with E-state index in [1.54, 1.807) is 11.8 Å². The zero-order valence-electron chi connectivity index (χ0n) is 13.7. The molecule has 0 unspecified atom stereocenters. The highest BCUT2D eigenvalue weighted by Gasteiger charge is 2.30. The summed E-state index contributed by atoms with van der Waals surface area (Å²) in [6, 6.07) is 5.49. The lowest BCUT2D eigenvalue weighted by molar-refractivity contribution is 0.233. The first-order valence-corrected chi connectivity index (χ1v) is 10.2. The number of carbonyl (C=O) groups excluding carboxylic acids is 1. The fraction of sp³-hybridized carbons (Fsp3) is 0.562. The molecule has 6 nitrogen and oxygen atoms in total. The molecule has 0 aromatic heterocycles. The van der Waals surface area contributed by atoms with Crippen LogP contribution in [0.25, 0.3) is 0 Å². The first-order chi connectivity index (χ1) is 11.4. The lowest BCUT2D eigenvalue weighted by atomic mass is 10.1. The Morgan fingerprint density at radius 3 is 2.67 bits per heavy atom. The highest BCUT2D eigenvalue weighted by molar-refractivity contribution is 7.89. The third-order valence-corrected chi connectivity index (χ3v) is 6.84. The molecule has 2 amide bonds. The summed E-state index contributed by atoms with van der Waals surface area (Å²) in [5.41, 5.74) is 1.99. The second-order valence-corrected chi connectivity index (χ2v) is 8.89. The Kier molecular flexibility index (Phi) is 5.03. The van der Waals surface area contributed by atoms with Gasteiger partial charge in [-0.3, -0.25) is 4.90 Å². The molecule has 3 rings (SSSR count). The molecule has 132 valence electrons. The number of rotatable bonds is 3. The van der Waals surface area contributed by atoms with Crippen LogP contribution < -0.4 is 10.2 Å². The molecule has 1 saturated heterocycles. The zero-order valence-corrected chi connectivity index (χ0v) is 15.2. The fourth-order valence-electron chi connectivity index (χ4n) is 3.28. The number of hydrogen-bond acceptors (Lipinski definition) is 3. The minimum Gasteiger partial charge on any atom is -0.335 e. The van der Waals surface area contributed by atoms with Crippen molar-refractivity contribution in [2.45, 2.75) is 32.2 Å². The number of urea groups is 1. The van der Waals surface area contributed by atoms with Crippen LogP contribution in [-0.2, 0) is 16.4 Å². The van der Waals surface area contributed by atoms with E-state index in [1.807, 2.05) is 18.2 Å². The van der Waals surface area contributed by atoms with Crippen LogP contribution in [0.5, 0.6) is 0 Å². The van der Waals surface area contributed by atoms with Crippen LogP contribution in [0.2, 0.25) is 5.02 Å². The molecule has 1 aromatic rings. The number of nitrogens with one attached hydrogen (secondary N) is 1. The largest absolute Gasteiger partial charge is 0.335 e. The van der Waals surface area contributed by atoms with Gasteiger partial charge in [0, 0.05) is 30.7 Å². The van der Waals surface area contributed by atoms with Crippen molar-refractivity contribution < 1.29 is 13.2 Å². The van der Waals surface area contributed by atoms with E-state index in [1.165, 1.54) is 4.31 Å². The summed E-state index contributed by atoms with van der Waals surface area (Å²) in [5, 5.41) is 3.65. The van der Waals surface area contributed by atoms with Crippen molar-refractivity contribution in [1.29, 1.82) is 0 Å². The van der Waals surface area contributed by atoms with Gasteiger partial charge in [0.05, 0.1) is 11.4 Å². The Morgan fingerprint density at radius 2 is 2.00 bits per heavy atom. The van der Waals surface area contributed by atoms with Crippen molar-refractivity contribution in [2.24, 2.45) is 0 Å². The topological polar surface area (TPSA) is 69.7 Å². The van der Waals surface area contributed by atoms with Gasteiger partial charge in [-0.05, 0) is 43.9 Å². The van der Waals surface area contributed by atoms with E-state index in [9.17, 15) is 13.2 Å². The first kappa shape index (κ1) is 17.5. The van der Waals surface area contributed by atoms with Crippen LogP contribution in [0.3, 0.4) is 0 Å². The van der Waals surface area contributed by atoms with E-state index in [0.29, 0.717) is 37.5 Å². The zero-order chi connectivity index (χ0) is 17.3. The Morgan fingerprint density at radius 1 is 1.29 bits per heavy atom. The second kappa shape index (κ2) is 6.90. The molecule has 2 heterocycles. The van der Waals surface area contributed by atoms with Crippen molar-refractivity contribution in [3.05, 3.63) is 28.8 Å². The van der Waals surface area contributed by atoms with Crippen LogP contribution in [0.4, 0.5) is 10.5 Å². The predicted octanol–water partition coefficient (Wildman–Crippen LogP) is 2.23. The molecule has 24 heavy (non-hydrogen) atoms.